The van der Waals surface area contributed by atoms with E-state index >= 15 is 0 Å². The van der Waals surface area contributed by atoms with Crippen LogP contribution < -0.4 is 5.32 Å². The van der Waals surface area contributed by atoms with Gasteiger partial charge in [0.25, 0.3) is 0 Å². The fraction of sp³-hybridized carbons (Fsp3) is 0.333. The lowest BCUT2D eigenvalue weighted by Crippen LogP contribution is -2.33. The lowest BCUT2D eigenvalue weighted by molar-refractivity contribution is 0.472. The molecule has 0 spiro atoms. The highest BCUT2D eigenvalue weighted by atomic mass is 19.2. The molecule has 1 heterocycles. The molecule has 0 radical (unpaired) electrons. The van der Waals surface area contributed by atoms with Crippen molar-refractivity contribution in [3.8, 4) is 0 Å². The summed E-state index contributed by atoms with van der Waals surface area (Å²) in [5.41, 5.74) is 1.44. The zero-order chi connectivity index (χ0) is 13.7. The van der Waals surface area contributed by atoms with Gasteiger partial charge in [0.15, 0.2) is 11.6 Å². The molecule has 1 N–H and O–H groups in total. The number of rotatable bonds is 6. The number of hydrogen-bond donors (Lipinski definition) is 1. The Hall–Kier alpha value is -1.68. The van der Waals surface area contributed by atoms with E-state index in [1.807, 2.05) is 13.0 Å². The van der Waals surface area contributed by atoms with Gasteiger partial charge in [-0.05, 0) is 42.6 Å². The van der Waals surface area contributed by atoms with E-state index in [2.05, 4.69) is 5.32 Å². The van der Waals surface area contributed by atoms with Gasteiger partial charge in [0, 0.05) is 6.04 Å². The van der Waals surface area contributed by atoms with Crippen LogP contribution in [0.2, 0.25) is 0 Å². The molecular weight excluding hydrogens is 248 g/mol. The maximum atomic E-state index is 13.7. The average molecular weight is 265 g/mol. The van der Waals surface area contributed by atoms with Gasteiger partial charge in [0.1, 0.15) is 0 Å². The highest BCUT2D eigenvalue weighted by molar-refractivity contribution is 5.21. The summed E-state index contributed by atoms with van der Waals surface area (Å²) >= 11 is 0. The van der Waals surface area contributed by atoms with E-state index in [0.29, 0.717) is 12.0 Å². The summed E-state index contributed by atoms with van der Waals surface area (Å²) in [5, 5.41) is 3.29. The summed E-state index contributed by atoms with van der Waals surface area (Å²) in [6.07, 6.45) is 4.45. The van der Waals surface area contributed by atoms with Gasteiger partial charge in [0.05, 0.1) is 12.5 Å². The Morgan fingerprint density at radius 1 is 1.21 bits per heavy atom. The van der Waals surface area contributed by atoms with Crippen molar-refractivity contribution in [3.05, 3.63) is 59.6 Å². The third-order valence-electron chi connectivity index (χ3n) is 3.05. The minimum absolute atomic E-state index is 0.0545. The summed E-state index contributed by atoms with van der Waals surface area (Å²) in [5.74, 6) is -1.55. The molecule has 0 amide bonds. The molecule has 2 rings (SSSR count). The van der Waals surface area contributed by atoms with E-state index in [1.54, 1.807) is 18.6 Å². The van der Waals surface area contributed by atoms with Gasteiger partial charge in [-0.15, -0.1) is 0 Å². The molecule has 1 unspecified atom stereocenters. The molecule has 2 nitrogen and oxygen atoms in total. The third-order valence-corrected chi connectivity index (χ3v) is 3.05. The topological polar surface area (TPSA) is 25.2 Å². The van der Waals surface area contributed by atoms with Crippen LogP contribution in [0.25, 0.3) is 0 Å². The second-order valence-electron chi connectivity index (χ2n) is 4.51. The Morgan fingerprint density at radius 3 is 2.74 bits per heavy atom. The maximum absolute atomic E-state index is 13.7. The minimum Gasteiger partial charge on any atom is -0.472 e. The normalized spacial score (nSPS) is 12.6. The molecule has 0 fully saturated rings. The molecule has 0 aliphatic rings. The second kappa shape index (κ2) is 6.48. The average Bonchev–Trinajstić information content (AvgIpc) is 2.88. The quantitative estimate of drug-likeness (QED) is 0.866. The zero-order valence-electron chi connectivity index (χ0n) is 10.8. The predicted molar refractivity (Wildman–Crippen MR) is 69.9 cm³/mol. The lowest BCUT2D eigenvalue weighted by Gasteiger charge is -2.17. The van der Waals surface area contributed by atoms with Gasteiger partial charge >= 0.3 is 0 Å². The number of halogens is 2. The molecule has 102 valence electrons. The Kier molecular flexibility index (Phi) is 4.68. The van der Waals surface area contributed by atoms with Gasteiger partial charge in [0.2, 0.25) is 0 Å². The predicted octanol–water partition coefficient (Wildman–Crippen LogP) is 3.32. The molecule has 0 bridgehead atoms. The van der Waals surface area contributed by atoms with Crippen molar-refractivity contribution in [2.75, 3.05) is 6.54 Å². The van der Waals surface area contributed by atoms with Crippen LogP contribution in [-0.4, -0.2) is 12.6 Å². The summed E-state index contributed by atoms with van der Waals surface area (Å²) in [4.78, 5) is 0. The third kappa shape index (κ3) is 3.64. The van der Waals surface area contributed by atoms with E-state index in [0.717, 1.165) is 24.6 Å². The van der Waals surface area contributed by atoms with Crippen LogP contribution in [-0.2, 0) is 12.8 Å². The van der Waals surface area contributed by atoms with Crippen molar-refractivity contribution in [1.29, 1.82) is 0 Å². The Bertz CT molecular complexity index is 511. The van der Waals surface area contributed by atoms with Crippen LogP contribution >= 0.6 is 0 Å². The molecular formula is C15H17F2NO. The summed E-state index contributed by atoms with van der Waals surface area (Å²) in [7, 11) is 0. The standard InChI is InChI=1S/C15H17F2NO/c1-2-18-13(8-11-6-7-19-10-11)9-12-4-3-5-14(16)15(12)17/h3-7,10,13,18H,2,8-9H2,1H3. The summed E-state index contributed by atoms with van der Waals surface area (Å²) in [6.45, 7) is 2.77. The molecule has 0 saturated carbocycles. The van der Waals surface area contributed by atoms with Gasteiger partial charge in [-0.25, -0.2) is 8.78 Å². The summed E-state index contributed by atoms with van der Waals surface area (Å²) in [6, 6.07) is 6.23. The van der Waals surface area contributed by atoms with E-state index in [9.17, 15) is 8.78 Å². The van der Waals surface area contributed by atoms with Gasteiger partial charge in [-0.3, -0.25) is 0 Å². The molecule has 0 aliphatic heterocycles. The van der Waals surface area contributed by atoms with Crippen LogP contribution in [0.15, 0.2) is 41.2 Å². The number of hydrogen-bond acceptors (Lipinski definition) is 2. The molecule has 19 heavy (non-hydrogen) atoms. The highest BCUT2D eigenvalue weighted by Crippen LogP contribution is 2.15. The minimum atomic E-state index is -0.795. The summed E-state index contributed by atoms with van der Waals surface area (Å²) < 4.78 is 31.9. The lowest BCUT2D eigenvalue weighted by atomic mass is 10.00. The molecule has 1 atom stereocenters. The first-order valence-corrected chi connectivity index (χ1v) is 6.38. The monoisotopic (exact) mass is 265 g/mol. The number of likely N-dealkylation sites (N-methyl/N-ethyl adjacent to an activating group) is 1. The number of furan rings is 1. The van der Waals surface area contributed by atoms with E-state index in [1.165, 1.54) is 6.07 Å². The number of nitrogens with one attached hydrogen (secondary N) is 1. The van der Waals surface area contributed by atoms with Crippen molar-refractivity contribution < 1.29 is 13.2 Å². The smallest absolute Gasteiger partial charge is 0.162 e. The van der Waals surface area contributed by atoms with Crippen molar-refractivity contribution in [1.82, 2.24) is 5.32 Å². The first-order valence-electron chi connectivity index (χ1n) is 6.38. The molecule has 4 heteroatoms. The van der Waals surface area contributed by atoms with E-state index < -0.39 is 11.6 Å². The van der Waals surface area contributed by atoms with Crippen molar-refractivity contribution >= 4 is 0 Å². The first-order chi connectivity index (χ1) is 9.20. The van der Waals surface area contributed by atoms with Crippen LogP contribution in [0.4, 0.5) is 8.78 Å². The Labute approximate surface area is 111 Å². The fourth-order valence-electron chi connectivity index (χ4n) is 2.17. The van der Waals surface area contributed by atoms with Crippen LogP contribution in [0.1, 0.15) is 18.1 Å². The van der Waals surface area contributed by atoms with Gasteiger partial charge in [-0.1, -0.05) is 19.1 Å². The van der Waals surface area contributed by atoms with Crippen LogP contribution in [0.3, 0.4) is 0 Å². The molecule has 1 aromatic heterocycles. The van der Waals surface area contributed by atoms with Crippen molar-refractivity contribution in [2.24, 2.45) is 0 Å². The zero-order valence-corrected chi connectivity index (χ0v) is 10.8. The van der Waals surface area contributed by atoms with Crippen molar-refractivity contribution in [2.45, 2.75) is 25.8 Å². The molecule has 2 aromatic rings. The van der Waals surface area contributed by atoms with Crippen molar-refractivity contribution in [3.63, 3.8) is 0 Å². The fourth-order valence-corrected chi connectivity index (χ4v) is 2.17. The molecule has 0 aliphatic carbocycles. The highest BCUT2D eigenvalue weighted by Gasteiger charge is 2.14. The Morgan fingerprint density at radius 2 is 2.05 bits per heavy atom. The van der Waals surface area contributed by atoms with Crippen LogP contribution in [0.5, 0.6) is 0 Å². The van der Waals surface area contributed by atoms with E-state index in [4.69, 9.17) is 4.42 Å². The van der Waals surface area contributed by atoms with Gasteiger partial charge < -0.3 is 9.73 Å². The van der Waals surface area contributed by atoms with Gasteiger partial charge in [-0.2, -0.15) is 0 Å². The largest absolute Gasteiger partial charge is 0.472 e. The molecule has 1 aromatic carbocycles. The maximum Gasteiger partial charge on any atom is 0.162 e. The number of benzene rings is 1. The SMILES string of the molecule is CCNC(Cc1ccoc1)Cc1cccc(F)c1F. The van der Waals surface area contributed by atoms with Crippen LogP contribution in [0, 0.1) is 11.6 Å². The van der Waals surface area contributed by atoms with E-state index in [-0.39, 0.29) is 6.04 Å². The first kappa shape index (κ1) is 13.7. The molecule has 0 saturated heterocycles. The Balaban J connectivity index is 2.09. The second-order valence-corrected chi connectivity index (χ2v) is 4.51.